The lowest BCUT2D eigenvalue weighted by molar-refractivity contribution is -0.126. The zero-order valence-electron chi connectivity index (χ0n) is 13.9. The van der Waals surface area contributed by atoms with E-state index >= 15 is 0 Å². The summed E-state index contributed by atoms with van der Waals surface area (Å²) in [5.41, 5.74) is 1.67. The number of halogens is 1. The highest BCUT2D eigenvalue weighted by Crippen LogP contribution is 2.27. The van der Waals surface area contributed by atoms with Crippen LogP contribution < -0.4 is 15.0 Å². The van der Waals surface area contributed by atoms with Crippen molar-refractivity contribution in [2.24, 2.45) is 5.92 Å². The molecule has 3 rings (SSSR count). The molecule has 0 radical (unpaired) electrons. The summed E-state index contributed by atoms with van der Waals surface area (Å²) >= 11 is 5.98. The van der Waals surface area contributed by atoms with Gasteiger partial charge in [-0.2, -0.15) is 0 Å². The SMILES string of the molecule is COc1cccc(CNC(=O)[C@H]2CC(=O)N(c3cccc(Cl)c3)C2)c1. The number of amides is 2. The number of carbonyl (C=O) groups excluding carboxylic acids is 2. The van der Waals surface area contributed by atoms with E-state index in [-0.39, 0.29) is 24.2 Å². The largest absolute Gasteiger partial charge is 0.497 e. The summed E-state index contributed by atoms with van der Waals surface area (Å²) in [6.07, 6.45) is 0.205. The summed E-state index contributed by atoms with van der Waals surface area (Å²) in [5, 5.41) is 3.46. The number of anilines is 1. The van der Waals surface area contributed by atoms with Gasteiger partial charge in [0, 0.05) is 30.2 Å². The van der Waals surface area contributed by atoms with Gasteiger partial charge in [0.1, 0.15) is 5.75 Å². The van der Waals surface area contributed by atoms with Crippen LogP contribution >= 0.6 is 11.6 Å². The van der Waals surface area contributed by atoms with Crippen LogP contribution in [0.1, 0.15) is 12.0 Å². The molecule has 0 aromatic heterocycles. The molecule has 1 aliphatic rings. The van der Waals surface area contributed by atoms with E-state index in [4.69, 9.17) is 16.3 Å². The molecule has 1 saturated heterocycles. The molecule has 1 aliphatic heterocycles. The lowest BCUT2D eigenvalue weighted by Crippen LogP contribution is -2.32. The fourth-order valence-corrected chi connectivity index (χ4v) is 3.08. The number of rotatable bonds is 5. The fourth-order valence-electron chi connectivity index (χ4n) is 2.89. The van der Waals surface area contributed by atoms with E-state index in [9.17, 15) is 9.59 Å². The third kappa shape index (κ3) is 4.12. The van der Waals surface area contributed by atoms with E-state index in [1.54, 1.807) is 30.2 Å². The first-order chi connectivity index (χ1) is 12.1. The van der Waals surface area contributed by atoms with Crippen LogP contribution in [-0.4, -0.2) is 25.5 Å². The maximum absolute atomic E-state index is 12.4. The molecule has 1 heterocycles. The lowest BCUT2D eigenvalue weighted by atomic mass is 10.1. The van der Waals surface area contributed by atoms with Crippen molar-refractivity contribution < 1.29 is 14.3 Å². The van der Waals surface area contributed by atoms with Crippen molar-refractivity contribution in [3.8, 4) is 5.75 Å². The molecular formula is C19H19ClN2O3. The Morgan fingerprint density at radius 1 is 1.28 bits per heavy atom. The summed E-state index contributed by atoms with van der Waals surface area (Å²) in [7, 11) is 1.60. The van der Waals surface area contributed by atoms with Crippen molar-refractivity contribution in [1.82, 2.24) is 5.32 Å². The van der Waals surface area contributed by atoms with Gasteiger partial charge in [0.2, 0.25) is 11.8 Å². The van der Waals surface area contributed by atoms with Gasteiger partial charge in [-0.25, -0.2) is 0 Å². The second-order valence-electron chi connectivity index (χ2n) is 5.95. The quantitative estimate of drug-likeness (QED) is 0.893. The van der Waals surface area contributed by atoms with Gasteiger partial charge in [-0.3, -0.25) is 9.59 Å². The Morgan fingerprint density at radius 3 is 2.84 bits per heavy atom. The van der Waals surface area contributed by atoms with Crippen LogP contribution in [0.2, 0.25) is 5.02 Å². The van der Waals surface area contributed by atoms with Crippen molar-refractivity contribution in [2.45, 2.75) is 13.0 Å². The highest BCUT2D eigenvalue weighted by Gasteiger charge is 2.35. The number of nitrogens with zero attached hydrogens (tertiary/aromatic N) is 1. The van der Waals surface area contributed by atoms with Gasteiger partial charge in [0.15, 0.2) is 0 Å². The lowest BCUT2D eigenvalue weighted by Gasteiger charge is -2.17. The minimum Gasteiger partial charge on any atom is -0.497 e. The highest BCUT2D eigenvalue weighted by atomic mass is 35.5. The number of hydrogen-bond acceptors (Lipinski definition) is 3. The topological polar surface area (TPSA) is 58.6 Å². The van der Waals surface area contributed by atoms with Crippen LogP contribution in [0.5, 0.6) is 5.75 Å². The zero-order valence-corrected chi connectivity index (χ0v) is 14.6. The first-order valence-electron chi connectivity index (χ1n) is 8.03. The second-order valence-corrected chi connectivity index (χ2v) is 6.39. The highest BCUT2D eigenvalue weighted by molar-refractivity contribution is 6.30. The molecule has 25 heavy (non-hydrogen) atoms. The van der Waals surface area contributed by atoms with Crippen molar-refractivity contribution in [3.05, 3.63) is 59.1 Å². The Hall–Kier alpha value is -2.53. The molecule has 1 atom stereocenters. The molecule has 0 bridgehead atoms. The normalized spacial score (nSPS) is 16.8. The van der Waals surface area contributed by atoms with Gasteiger partial charge >= 0.3 is 0 Å². The predicted octanol–water partition coefficient (Wildman–Crippen LogP) is 3.02. The van der Waals surface area contributed by atoms with Crippen molar-refractivity contribution in [3.63, 3.8) is 0 Å². The molecule has 0 aliphatic carbocycles. The smallest absolute Gasteiger partial charge is 0.227 e. The monoisotopic (exact) mass is 358 g/mol. The molecule has 6 heteroatoms. The number of methoxy groups -OCH3 is 1. The van der Waals surface area contributed by atoms with E-state index in [2.05, 4.69) is 5.32 Å². The van der Waals surface area contributed by atoms with Crippen LogP contribution in [0, 0.1) is 5.92 Å². The molecule has 2 aromatic rings. The van der Waals surface area contributed by atoms with Gasteiger partial charge in [-0.15, -0.1) is 0 Å². The first kappa shape index (κ1) is 17.3. The Morgan fingerprint density at radius 2 is 2.08 bits per heavy atom. The van der Waals surface area contributed by atoms with Crippen LogP contribution in [0.4, 0.5) is 5.69 Å². The van der Waals surface area contributed by atoms with E-state index in [0.29, 0.717) is 18.1 Å². The van der Waals surface area contributed by atoms with Crippen molar-refractivity contribution in [2.75, 3.05) is 18.6 Å². The van der Waals surface area contributed by atoms with E-state index < -0.39 is 0 Å². The molecule has 0 saturated carbocycles. The van der Waals surface area contributed by atoms with Crippen LogP contribution in [0.15, 0.2) is 48.5 Å². The number of carbonyl (C=O) groups is 2. The number of hydrogen-bond donors (Lipinski definition) is 1. The Balaban J connectivity index is 1.61. The molecule has 2 amide bonds. The molecule has 130 valence electrons. The molecule has 1 N–H and O–H groups in total. The average molecular weight is 359 g/mol. The van der Waals surface area contributed by atoms with E-state index in [1.165, 1.54) is 0 Å². The third-order valence-electron chi connectivity index (χ3n) is 4.22. The van der Waals surface area contributed by atoms with Gasteiger partial charge in [0.25, 0.3) is 0 Å². The summed E-state index contributed by atoms with van der Waals surface area (Å²) in [6.45, 7) is 0.765. The van der Waals surface area contributed by atoms with E-state index in [1.807, 2.05) is 30.3 Å². The van der Waals surface area contributed by atoms with Crippen LogP contribution in [-0.2, 0) is 16.1 Å². The van der Waals surface area contributed by atoms with Crippen LogP contribution in [0.3, 0.4) is 0 Å². The predicted molar refractivity (Wildman–Crippen MR) is 96.8 cm³/mol. The zero-order chi connectivity index (χ0) is 17.8. The van der Waals surface area contributed by atoms with Gasteiger partial charge in [0.05, 0.1) is 13.0 Å². The van der Waals surface area contributed by atoms with Crippen molar-refractivity contribution in [1.29, 1.82) is 0 Å². The molecule has 1 fully saturated rings. The maximum Gasteiger partial charge on any atom is 0.227 e. The average Bonchev–Trinajstić information content (AvgIpc) is 3.02. The standard InChI is InChI=1S/C19H19ClN2O3/c1-25-17-7-2-4-13(8-17)11-21-19(24)14-9-18(23)22(12-14)16-6-3-5-15(20)10-16/h2-8,10,14H,9,11-12H2,1H3,(H,21,24)/t14-/m0/s1. The summed E-state index contributed by atoms with van der Waals surface area (Å²) in [4.78, 5) is 26.3. The Bertz CT molecular complexity index is 794. The molecule has 0 unspecified atom stereocenters. The van der Waals surface area contributed by atoms with Gasteiger partial charge in [-0.05, 0) is 35.9 Å². The third-order valence-corrected chi connectivity index (χ3v) is 4.45. The van der Waals surface area contributed by atoms with Gasteiger partial charge in [-0.1, -0.05) is 29.8 Å². The minimum atomic E-state index is -0.364. The molecular weight excluding hydrogens is 340 g/mol. The molecule has 0 spiro atoms. The first-order valence-corrected chi connectivity index (χ1v) is 8.41. The van der Waals surface area contributed by atoms with Gasteiger partial charge < -0.3 is 15.0 Å². The summed E-state index contributed by atoms with van der Waals surface area (Å²) < 4.78 is 5.17. The number of benzene rings is 2. The van der Waals surface area contributed by atoms with E-state index in [0.717, 1.165) is 17.0 Å². The Labute approximate surface area is 151 Å². The summed E-state index contributed by atoms with van der Waals surface area (Å²) in [6, 6.07) is 14.6. The number of nitrogens with one attached hydrogen (secondary N) is 1. The Kier molecular flexibility index (Phi) is 5.24. The number of ether oxygens (including phenoxy) is 1. The van der Waals surface area contributed by atoms with Crippen molar-refractivity contribution >= 4 is 29.1 Å². The minimum absolute atomic E-state index is 0.0659. The summed E-state index contributed by atoms with van der Waals surface area (Å²) in [5.74, 6) is 0.191. The van der Waals surface area contributed by atoms with Crippen LogP contribution in [0.25, 0.3) is 0 Å². The second kappa shape index (κ2) is 7.57. The molecule has 5 nitrogen and oxygen atoms in total. The fraction of sp³-hybridized carbons (Fsp3) is 0.263. The molecule has 2 aromatic carbocycles. The maximum atomic E-state index is 12.4.